The first-order valence-corrected chi connectivity index (χ1v) is 6.23. The number of hydrogen-bond acceptors (Lipinski definition) is 2. The molecule has 0 saturated heterocycles. The van der Waals surface area contributed by atoms with Crippen LogP contribution in [0.25, 0.3) is 0 Å². The Kier molecular flexibility index (Phi) is 6.01. The standard InChI is InChI=1S/C13H26O3/c1-5-7-8-13(6-2,11(14)15)10-9-12(3,4)16/h16H,5-10H2,1-4H3,(H,14,15). The molecular weight excluding hydrogens is 204 g/mol. The minimum atomic E-state index is -0.776. The van der Waals surface area contributed by atoms with E-state index < -0.39 is 17.0 Å². The van der Waals surface area contributed by atoms with Crippen molar-refractivity contribution in [2.45, 2.75) is 71.8 Å². The van der Waals surface area contributed by atoms with Gasteiger partial charge in [0, 0.05) is 0 Å². The Morgan fingerprint density at radius 2 is 1.69 bits per heavy atom. The van der Waals surface area contributed by atoms with Crippen molar-refractivity contribution in [1.29, 1.82) is 0 Å². The number of aliphatic carboxylic acids is 1. The monoisotopic (exact) mass is 230 g/mol. The van der Waals surface area contributed by atoms with E-state index in [4.69, 9.17) is 0 Å². The van der Waals surface area contributed by atoms with Gasteiger partial charge in [-0.25, -0.2) is 0 Å². The third-order valence-corrected chi connectivity index (χ3v) is 3.35. The second-order valence-corrected chi connectivity index (χ2v) is 5.36. The smallest absolute Gasteiger partial charge is 0.309 e. The quantitative estimate of drug-likeness (QED) is 0.673. The number of carbonyl (C=O) groups is 1. The maximum Gasteiger partial charge on any atom is 0.309 e. The lowest BCUT2D eigenvalue weighted by Crippen LogP contribution is -2.33. The Balaban J connectivity index is 4.57. The molecule has 1 unspecified atom stereocenters. The van der Waals surface area contributed by atoms with E-state index in [1.54, 1.807) is 13.8 Å². The van der Waals surface area contributed by atoms with E-state index in [2.05, 4.69) is 6.92 Å². The zero-order chi connectivity index (χ0) is 12.8. The topological polar surface area (TPSA) is 57.5 Å². The van der Waals surface area contributed by atoms with Gasteiger partial charge in [-0.2, -0.15) is 0 Å². The summed E-state index contributed by atoms with van der Waals surface area (Å²) < 4.78 is 0. The fourth-order valence-corrected chi connectivity index (χ4v) is 1.90. The number of hydrogen-bond donors (Lipinski definition) is 2. The maximum absolute atomic E-state index is 11.4. The van der Waals surface area contributed by atoms with Gasteiger partial charge in [0.05, 0.1) is 11.0 Å². The predicted molar refractivity (Wildman–Crippen MR) is 65.4 cm³/mol. The Hall–Kier alpha value is -0.570. The van der Waals surface area contributed by atoms with Crippen molar-refractivity contribution in [2.75, 3.05) is 0 Å². The summed E-state index contributed by atoms with van der Waals surface area (Å²) >= 11 is 0. The van der Waals surface area contributed by atoms with Gasteiger partial charge in [-0.3, -0.25) is 4.79 Å². The van der Waals surface area contributed by atoms with Crippen LogP contribution in [0.15, 0.2) is 0 Å². The van der Waals surface area contributed by atoms with E-state index in [0.29, 0.717) is 25.7 Å². The molecule has 0 aliphatic carbocycles. The molecule has 0 fully saturated rings. The van der Waals surface area contributed by atoms with Crippen molar-refractivity contribution in [3.8, 4) is 0 Å². The van der Waals surface area contributed by atoms with Gasteiger partial charge in [0.2, 0.25) is 0 Å². The van der Waals surface area contributed by atoms with Crippen LogP contribution < -0.4 is 0 Å². The molecule has 0 heterocycles. The van der Waals surface area contributed by atoms with E-state index in [1.807, 2.05) is 6.92 Å². The van der Waals surface area contributed by atoms with Crippen LogP contribution in [0.4, 0.5) is 0 Å². The predicted octanol–water partition coefficient (Wildman–Crippen LogP) is 3.21. The highest BCUT2D eigenvalue weighted by Gasteiger charge is 2.36. The van der Waals surface area contributed by atoms with Gasteiger partial charge in [-0.15, -0.1) is 0 Å². The molecule has 0 rings (SSSR count). The first-order valence-electron chi connectivity index (χ1n) is 6.23. The summed E-state index contributed by atoms with van der Waals surface area (Å²) in [5.41, 5.74) is -1.42. The number of carboxylic acids is 1. The second kappa shape index (κ2) is 6.24. The Bertz CT molecular complexity index is 218. The van der Waals surface area contributed by atoms with Crippen molar-refractivity contribution < 1.29 is 15.0 Å². The minimum Gasteiger partial charge on any atom is -0.481 e. The molecule has 0 saturated carbocycles. The fourth-order valence-electron chi connectivity index (χ4n) is 1.90. The highest BCUT2D eigenvalue weighted by atomic mass is 16.4. The van der Waals surface area contributed by atoms with Crippen molar-refractivity contribution in [3.63, 3.8) is 0 Å². The molecule has 0 amide bonds. The summed E-state index contributed by atoms with van der Waals surface area (Å²) in [5.74, 6) is -0.715. The zero-order valence-electron chi connectivity index (χ0n) is 11.0. The van der Waals surface area contributed by atoms with Gasteiger partial charge in [0.15, 0.2) is 0 Å². The molecule has 0 aromatic heterocycles. The largest absolute Gasteiger partial charge is 0.481 e. The van der Waals surface area contributed by atoms with Crippen LogP contribution in [0, 0.1) is 5.41 Å². The number of unbranched alkanes of at least 4 members (excludes halogenated alkanes) is 1. The molecular formula is C13H26O3. The van der Waals surface area contributed by atoms with Gasteiger partial charge < -0.3 is 10.2 Å². The lowest BCUT2D eigenvalue weighted by Gasteiger charge is -2.30. The normalized spacial score (nSPS) is 15.8. The summed E-state index contributed by atoms with van der Waals surface area (Å²) in [7, 11) is 0. The molecule has 0 aromatic carbocycles. The summed E-state index contributed by atoms with van der Waals surface area (Å²) in [4.78, 5) is 11.4. The summed E-state index contributed by atoms with van der Waals surface area (Å²) in [5, 5.41) is 19.1. The molecule has 3 heteroatoms. The van der Waals surface area contributed by atoms with Gasteiger partial charge in [-0.1, -0.05) is 26.7 Å². The van der Waals surface area contributed by atoms with Gasteiger partial charge >= 0.3 is 5.97 Å². The maximum atomic E-state index is 11.4. The molecule has 0 radical (unpaired) electrons. The van der Waals surface area contributed by atoms with Gasteiger partial charge in [0.1, 0.15) is 0 Å². The Labute approximate surface area is 98.9 Å². The summed E-state index contributed by atoms with van der Waals surface area (Å²) in [6.45, 7) is 7.45. The lowest BCUT2D eigenvalue weighted by molar-refractivity contribution is -0.151. The SMILES string of the molecule is CCCCC(CC)(CCC(C)(C)O)C(=O)O. The van der Waals surface area contributed by atoms with E-state index >= 15 is 0 Å². The molecule has 0 spiro atoms. The van der Waals surface area contributed by atoms with Gasteiger partial charge in [0.25, 0.3) is 0 Å². The van der Waals surface area contributed by atoms with Crippen LogP contribution >= 0.6 is 0 Å². The molecule has 16 heavy (non-hydrogen) atoms. The van der Waals surface area contributed by atoms with Crippen molar-refractivity contribution in [3.05, 3.63) is 0 Å². The number of aliphatic hydroxyl groups is 1. The van der Waals surface area contributed by atoms with E-state index in [-0.39, 0.29) is 0 Å². The van der Waals surface area contributed by atoms with Crippen molar-refractivity contribution >= 4 is 5.97 Å². The molecule has 0 bridgehead atoms. The minimum absolute atomic E-state index is 0.539. The van der Waals surface area contributed by atoms with Crippen LogP contribution in [0.1, 0.15) is 66.2 Å². The summed E-state index contributed by atoms with van der Waals surface area (Å²) in [6, 6.07) is 0. The van der Waals surface area contributed by atoms with Crippen molar-refractivity contribution in [2.24, 2.45) is 5.41 Å². The molecule has 3 nitrogen and oxygen atoms in total. The van der Waals surface area contributed by atoms with Crippen LogP contribution in [0.2, 0.25) is 0 Å². The molecule has 96 valence electrons. The van der Waals surface area contributed by atoms with Crippen LogP contribution in [0.3, 0.4) is 0 Å². The third-order valence-electron chi connectivity index (χ3n) is 3.35. The Morgan fingerprint density at radius 3 is 2.00 bits per heavy atom. The van der Waals surface area contributed by atoms with Crippen LogP contribution in [-0.2, 0) is 4.79 Å². The molecule has 1 atom stereocenters. The lowest BCUT2D eigenvalue weighted by atomic mass is 9.74. The van der Waals surface area contributed by atoms with E-state index in [9.17, 15) is 15.0 Å². The zero-order valence-corrected chi connectivity index (χ0v) is 11.0. The van der Waals surface area contributed by atoms with Crippen molar-refractivity contribution in [1.82, 2.24) is 0 Å². The molecule has 0 aromatic rings. The van der Waals surface area contributed by atoms with Crippen LogP contribution in [-0.4, -0.2) is 21.8 Å². The third kappa shape index (κ3) is 4.97. The number of carboxylic acid groups (broad SMARTS) is 1. The average molecular weight is 230 g/mol. The average Bonchev–Trinajstić information content (AvgIpc) is 2.17. The highest BCUT2D eigenvalue weighted by Crippen LogP contribution is 2.36. The Morgan fingerprint density at radius 1 is 1.12 bits per heavy atom. The first-order chi connectivity index (χ1) is 7.27. The highest BCUT2D eigenvalue weighted by molar-refractivity contribution is 5.74. The second-order valence-electron chi connectivity index (χ2n) is 5.36. The van der Waals surface area contributed by atoms with Gasteiger partial charge in [-0.05, 0) is 39.5 Å². The summed E-state index contributed by atoms with van der Waals surface area (Å²) in [6.07, 6.45) is 4.40. The fraction of sp³-hybridized carbons (Fsp3) is 0.923. The molecule has 2 N–H and O–H groups in total. The van der Waals surface area contributed by atoms with Crippen LogP contribution in [0.5, 0.6) is 0 Å². The molecule has 0 aliphatic heterocycles. The number of rotatable bonds is 8. The van der Waals surface area contributed by atoms with E-state index in [0.717, 1.165) is 12.8 Å². The molecule has 0 aliphatic rings. The van der Waals surface area contributed by atoms with E-state index in [1.165, 1.54) is 0 Å². The first kappa shape index (κ1) is 15.4.